The first-order valence-corrected chi connectivity index (χ1v) is 6.35. The lowest BCUT2D eigenvalue weighted by Crippen LogP contribution is -2.34. The van der Waals surface area contributed by atoms with Gasteiger partial charge in [-0.15, -0.1) is 0 Å². The van der Waals surface area contributed by atoms with Crippen molar-refractivity contribution in [2.45, 2.75) is 37.6 Å². The van der Waals surface area contributed by atoms with Crippen LogP contribution in [0.15, 0.2) is 4.99 Å². The van der Waals surface area contributed by atoms with E-state index in [0.29, 0.717) is 5.54 Å². The lowest BCUT2D eigenvalue weighted by molar-refractivity contribution is 0.328. The Balaban J connectivity index is 1.99. The summed E-state index contributed by atoms with van der Waals surface area (Å²) < 4.78 is 0. The number of hydrogen-bond donors (Lipinski definition) is 1. The summed E-state index contributed by atoms with van der Waals surface area (Å²) in [5.41, 5.74) is 3.55. The Bertz CT molecular complexity index is 232. The van der Waals surface area contributed by atoms with Crippen LogP contribution < -0.4 is 5.43 Å². The number of aliphatic imine (C=N–C) groups is 1. The van der Waals surface area contributed by atoms with E-state index in [9.17, 15) is 0 Å². The fourth-order valence-electron chi connectivity index (χ4n) is 2.20. The first kappa shape index (κ1) is 10.3. The van der Waals surface area contributed by atoms with E-state index >= 15 is 0 Å². The average molecular weight is 213 g/mol. The number of thioether (sulfide) groups is 1. The van der Waals surface area contributed by atoms with Gasteiger partial charge in [0.15, 0.2) is 5.17 Å². The van der Waals surface area contributed by atoms with Crippen LogP contribution in [0.25, 0.3) is 0 Å². The summed E-state index contributed by atoms with van der Waals surface area (Å²) in [6, 6.07) is 0. The highest BCUT2D eigenvalue weighted by molar-refractivity contribution is 8.14. The zero-order chi connectivity index (χ0) is 10.0. The third kappa shape index (κ3) is 2.23. The van der Waals surface area contributed by atoms with Gasteiger partial charge < -0.3 is 0 Å². The van der Waals surface area contributed by atoms with Crippen LogP contribution in [0.1, 0.15) is 32.1 Å². The minimum Gasteiger partial charge on any atom is -0.298 e. The molecule has 4 heteroatoms. The molecule has 1 fully saturated rings. The minimum atomic E-state index is 0.293. The number of hydrazine groups is 1. The summed E-state index contributed by atoms with van der Waals surface area (Å²) in [5, 5.41) is 3.07. The number of nitrogens with zero attached hydrogens (tertiary/aromatic N) is 2. The topological polar surface area (TPSA) is 27.6 Å². The molecule has 1 saturated carbocycles. The van der Waals surface area contributed by atoms with E-state index in [2.05, 4.69) is 5.43 Å². The molecule has 0 radical (unpaired) electrons. The quantitative estimate of drug-likeness (QED) is 0.674. The zero-order valence-corrected chi connectivity index (χ0v) is 9.86. The number of nitrogens with one attached hydrogen (secondary N) is 1. The number of hydrogen-bond acceptors (Lipinski definition) is 4. The summed E-state index contributed by atoms with van der Waals surface area (Å²) in [7, 11) is 4.02. The lowest BCUT2D eigenvalue weighted by atomic mass is 9.84. The van der Waals surface area contributed by atoms with Crippen LogP contribution in [0.2, 0.25) is 0 Å². The predicted molar refractivity (Wildman–Crippen MR) is 62.5 cm³/mol. The monoisotopic (exact) mass is 213 g/mol. The average Bonchev–Trinajstić information content (AvgIpc) is 2.49. The Labute approximate surface area is 90.3 Å². The Morgan fingerprint density at radius 2 is 2.00 bits per heavy atom. The molecular weight excluding hydrogens is 194 g/mol. The van der Waals surface area contributed by atoms with Crippen LogP contribution in [0.5, 0.6) is 0 Å². The van der Waals surface area contributed by atoms with Gasteiger partial charge >= 0.3 is 0 Å². The van der Waals surface area contributed by atoms with Gasteiger partial charge in [-0.05, 0) is 12.8 Å². The van der Waals surface area contributed by atoms with Crippen molar-refractivity contribution in [2.75, 3.05) is 19.8 Å². The fraction of sp³-hybridized carbons (Fsp3) is 0.900. The van der Waals surface area contributed by atoms with Crippen molar-refractivity contribution >= 4 is 16.9 Å². The van der Waals surface area contributed by atoms with E-state index < -0.39 is 0 Å². The second-order valence-corrected chi connectivity index (χ2v) is 5.46. The first-order chi connectivity index (χ1) is 6.70. The smallest absolute Gasteiger partial charge is 0.171 e. The molecule has 0 aromatic heterocycles. The maximum atomic E-state index is 4.85. The molecule has 80 valence electrons. The van der Waals surface area contributed by atoms with Gasteiger partial charge in [0.1, 0.15) is 0 Å². The van der Waals surface area contributed by atoms with E-state index in [1.165, 1.54) is 37.9 Å². The van der Waals surface area contributed by atoms with Crippen LogP contribution in [0.3, 0.4) is 0 Å². The van der Waals surface area contributed by atoms with Gasteiger partial charge in [0.2, 0.25) is 0 Å². The Kier molecular flexibility index (Phi) is 3.02. The van der Waals surface area contributed by atoms with Crippen molar-refractivity contribution in [3.63, 3.8) is 0 Å². The van der Waals surface area contributed by atoms with E-state index in [1.54, 1.807) is 0 Å². The number of amidine groups is 1. The van der Waals surface area contributed by atoms with Crippen molar-refractivity contribution in [3.8, 4) is 0 Å². The highest BCUT2D eigenvalue weighted by Crippen LogP contribution is 2.39. The van der Waals surface area contributed by atoms with Crippen LogP contribution in [0.4, 0.5) is 0 Å². The summed E-state index contributed by atoms with van der Waals surface area (Å²) >= 11 is 1.87. The van der Waals surface area contributed by atoms with E-state index in [1.807, 2.05) is 30.9 Å². The molecule has 0 aromatic carbocycles. The van der Waals surface area contributed by atoms with E-state index in [4.69, 9.17) is 4.99 Å². The van der Waals surface area contributed by atoms with Crippen molar-refractivity contribution < 1.29 is 0 Å². The largest absolute Gasteiger partial charge is 0.298 e. The highest BCUT2D eigenvalue weighted by Gasteiger charge is 2.36. The van der Waals surface area contributed by atoms with Crippen molar-refractivity contribution in [1.82, 2.24) is 10.4 Å². The van der Waals surface area contributed by atoms with Crippen LogP contribution in [0, 0.1) is 0 Å². The molecule has 1 N–H and O–H groups in total. The third-order valence-corrected chi connectivity index (χ3v) is 4.06. The maximum Gasteiger partial charge on any atom is 0.171 e. The second kappa shape index (κ2) is 4.11. The summed E-state index contributed by atoms with van der Waals surface area (Å²) in [6.07, 6.45) is 6.70. The third-order valence-electron chi connectivity index (χ3n) is 2.92. The standard InChI is InChI=1S/C10H19N3S/c1-13(2)12-9-11-10(8-14-9)6-4-3-5-7-10/h3-8H2,1-2H3,(H,11,12). The van der Waals surface area contributed by atoms with E-state index in [0.717, 1.165) is 5.17 Å². The molecule has 0 saturated heterocycles. The molecule has 0 aromatic rings. The van der Waals surface area contributed by atoms with Gasteiger partial charge in [-0.3, -0.25) is 10.4 Å². The molecule has 0 amide bonds. The van der Waals surface area contributed by atoms with Crippen LogP contribution in [-0.2, 0) is 0 Å². The summed E-state index contributed by atoms with van der Waals surface area (Å²) in [6.45, 7) is 0. The van der Waals surface area contributed by atoms with Crippen molar-refractivity contribution in [3.05, 3.63) is 0 Å². The fourth-order valence-corrected chi connectivity index (χ4v) is 3.46. The zero-order valence-electron chi connectivity index (χ0n) is 9.05. The van der Waals surface area contributed by atoms with Crippen LogP contribution >= 0.6 is 11.8 Å². The van der Waals surface area contributed by atoms with Crippen molar-refractivity contribution in [2.24, 2.45) is 4.99 Å². The lowest BCUT2D eigenvalue weighted by Gasteiger charge is -2.29. The van der Waals surface area contributed by atoms with Gasteiger partial charge in [0, 0.05) is 19.8 Å². The molecule has 1 spiro atoms. The van der Waals surface area contributed by atoms with Gasteiger partial charge in [-0.2, -0.15) is 0 Å². The molecule has 0 bridgehead atoms. The number of rotatable bonds is 1. The molecule has 1 aliphatic heterocycles. The van der Waals surface area contributed by atoms with Crippen molar-refractivity contribution in [1.29, 1.82) is 0 Å². The summed E-state index contributed by atoms with van der Waals surface area (Å²) in [5.74, 6) is 1.18. The maximum absolute atomic E-state index is 4.85. The van der Waals surface area contributed by atoms with Gasteiger partial charge in [0.25, 0.3) is 0 Å². The van der Waals surface area contributed by atoms with Crippen LogP contribution in [-0.4, -0.2) is 35.6 Å². The first-order valence-electron chi connectivity index (χ1n) is 5.37. The molecule has 1 aliphatic carbocycles. The van der Waals surface area contributed by atoms with Gasteiger partial charge in [0.05, 0.1) is 5.54 Å². The molecule has 0 atom stereocenters. The highest BCUT2D eigenvalue weighted by atomic mass is 32.2. The SMILES string of the molecule is CN(C)NC1=NC2(CCCCC2)CS1. The predicted octanol–water partition coefficient (Wildman–Crippen LogP) is 1.86. The molecule has 0 unspecified atom stereocenters. The molecule has 14 heavy (non-hydrogen) atoms. The molecule has 2 rings (SSSR count). The molecule has 3 nitrogen and oxygen atoms in total. The summed E-state index contributed by atoms with van der Waals surface area (Å²) in [4.78, 5) is 4.85. The Hall–Kier alpha value is -0.220. The normalized spacial score (nSPS) is 25.5. The Morgan fingerprint density at radius 3 is 2.64 bits per heavy atom. The van der Waals surface area contributed by atoms with E-state index in [-0.39, 0.29) is 0 Å². The Morgan fingerprint density at radius 1 is 1.29 bits per heavy atom. The second-order valence-electron chi connectivity index (χ2n) is 4.50. The molecule has 2 aliphatic rings. The van der Waals surface area contributed by atoms with Gasteiger partial charge in [-0.25, -0.2) is 5.01 Å². The minimum absolute atomic E-state index is 0.293. The van der Waals surface area contributed by atoms with Gasteiger partial charge in [-0.1, -0.05) is 31.0 Å². The molecular formula is C10H19N3S. The molecule has 1 heterocycles.